The molecule has 0 aliphatic carbocycles. The second-order valence-electron chi connectivity index (χ2n) is 3.65. The summed E-state index contributed by atoms with van der Waals surface area (Å²) in [4.78, 5) is 4.14. The molecule has 0 unspecified atom stereocenters. The van der Waals surface area contributed by atoms with Crippen molar-refractivity contribution in [2.24, 2.45) is 5.14 Å². The molecule has 0 atom stereocenters. The van der Waals surface area contributed by atoms with Crippen LogP contribution in [0.3, 0.4) is 0 Å². The molecule has 0 saturated carbocycles. The van der Waals surface area contributed by atoms with Gasteiger partial charge in [-0.3, -0.25) is 0 Å². The van der Waals surface area contributed by atoms with E-state index in [1.165, 1.54) is 0 Å². The fourth-order valence-corrected chi connectivity index (χ4v) is 1.61. The normalized spacial score (nSPS) is 11.2. The summed E-state index contributed by atoms with van der Waals surface area (Å²) < 4.78 is 21.5. The predicted molar refractivity (Wildman–Crippen MR) is 69.5 cm³/mol. The van der Waals surface area contributed by atoms with Crippen molar-refractivity contribution >= 4 is 21.5 Å². The standard InChI is InChI=1S/C10H18N4O2S/c1-2-4-13-10-8-9(3-5-14-10)12-6-7-17(11,15)16/h3,5,8H,2,4,6-7H2,1H3,(H2,11,15,16)(H2,12,13,14). The van der Waals surface area contributed by atoms with Crippen LogP contribution in [0.2, 0.25) is 0 Å². The van der Waals surface area contributed by atoms with Crippen LogP contribution >= 0.6 is 0 Å². The number of anilines is 2. The fraction of sp³-hybridized carbons (Fsp3) is 0.500. The van der Waals surface area contributed by atoms with Gasteiger partial charge in [-0.2, -0.15) is 0 Å². The third kappa shape index (κ3) is 6.08. The monoisotopic (exact) mass is 258 g/mol. The molecular formula is C10H18N4O2S. The second-order valence-corrected chi connectivity index (χ2v) is 5.38. The molecule has 6 nitrogen and oxygen atoms in total. The molecule has 0 spiro atoms. The van der Waals surface area contributed by atoms with Gasteiger partial charge >= 0.3 is 0 Å². The number of nitrogens with one attached hydrogen (secondary N) is 2. The first-order valence-electron chi connectivity index (χ1n) is 5.45. The van der Waals surface area contributed by atoms with Gasteiger partial charge in [0.05, 0.1) is 5.75 Å². The van der Waals surface area contributed by atoms with Crippen molar-refractivity contribution in [1.82, 2.24) is 4.98 Å². The molecule has 0 radical (unpaired) electrons. The molecule has 1 rings (SSSR count). The zero-order valence-electron chi connectivity index (χ0n) is 9.81. The molecule has 0 bridgehead atoms. The van der Waals surface area contributed by atoms with Crippen LogP contribution in [0.4, 0.5) is 11.5 Å². The number of aromatic nitrogens is 1. The number of sulfonamides is 1. The van der Waals surface area contributed by atoms with Crippen LogP contribution in [0, 0.1) is 0 Å². The molecule has 0 aliphatic rings. The van der Waals surface area contributed by atoms with Crippen LogP contribution in [-0.4, -0.2) is 32.2 Å². The van der Waals surface area contributed by atoms with Crippen LogP contribution < -0.4 is 15.8 Å². The molecule has 7 heteroatoms. The lowest BCUT2D eigenvalue weighted by Gasteiger charge is -2.08. The summed E-state index contributed by atoms with van der Waals surface area (Å²) in [5, 5.41) is 11.0. The number of primary sulfonamides is 1. The third-order valence-electron chi connectivity index (χ3n) is 2.03. The summed E-state index contributed by atoms with van der Waals surface area (Å²) in [7, 11) is -3.41. The molecule has 1 aromatic heterocycles. The topological polar surface area (TPSA) is 97.1 Å². The maximum Gasteiger partial charge on any atom is 0.210 e. The minimum absolute atomic E-state index is 0.0902. The predicted octanol–water partition coefficient (Wildman–Crippen LogP) is 0.604. The lowest BCUT2D eigenvalue weighted by molar-refractivity contribution is 0.598. The Morgan fingerprint density at radius 3 is 2.76 bits per heavy atom. The number of hydrogen-bond acceptors (Lipinski definition) is 5. The highest BCUT2D eigenvalue weighted by Crippen LogP contribution is 2.11. The number of nitrogens with zero attached hydrogens (tertiary/aromatic N) is 1. The van der Waals surface area contributed by atoms with Crippen molar-refractivity contribution in [2.75, 3.05) is 29.5 Å². The number of nitrogens with two attached hydrogens (primary N) is 1. The van der Waals surface area contributed by atoms with E-state index in [-0.39, 0.29) is 12.3 Å². The Morgan fingerprint density at radius 1 is 1.35 bits per heavy atom. The summed E-state index contributed by atoms with van der Waals surface area (Å²) >= 11 is 0. The molecule has 0 aromatic carbocycles. The van der Waals surface area contributed by atoms with Gasteiger partial charge in [0.25, 0.3) is 0 Å². The van der Waals surface area contributed by atoms with Gasteiger partial charge < -0.3 is 10.6 Å². The van der Waals surface area contributed by atoms with Crippen molar-refractivity contribution in [3.8, 4) is 0 Å². The highest BCUT2D eigenvalue weighted by Gasteiger charge is 2.02. The fourth-order valence-electron chi connectivity index (χ4n) is 1.23. The number of pyridine rings is 1. The van der Waals surface area contributed by atoms with E-state index in [0.29, 0.717) is 0 Å². The molecule has 0 aliphatic heterocycles. The van der Waals surface area contributed by atoms with E-state index in [9.17, 15) is 8.42 Å². The first-order valence-corrected chi connectivity index (χ1v) is 7.17. The van der Waals surface area contributed by atoms with Gasteiger partial charge in [0.15, 0.2) is 0 Å². The summed E-state index contributed by atoms with van der Waals surface area (Å²) in [5.74, 6) is 0.681. The molecule has 4 N–H and O–H groups in total. The zero-order valence-corrected chi connectivity index (χ0v) is 10.6. The van der Waals surface area contributed by atoms with E-state index in [1.54, 1.807) is 12.3 Å². The van der Waals surface area contributed by atoms with Crippen molar-refractivity contribution in [1.29, 1.82) is 0 Å². The van der Waals surface area contributed by atoms with E-state index in [4.69, 9.17) is 5.14 Å². The molecular weight excluding hydrogens is 240 g/mol. The first kappa shape index (κ1) is 13.7. The summed E-state index contributed by atoms with van der Waals surface area (Å²) in [6.45, 7) is 3.21. The smallest absolute Gasteiger partial charge is 0.210 e. The summed E-state index contributed by atoms with van der Waals surface area (Å²) in [6.07, 6.45) is 2.68. The van der Waals surface area contributed by atoms with Crippen molar-refractivity contribution in [2.45, 2.75) is 13.3 Å². The van der Waals surface area contributed by atoms with Gasteiger partial charge in [0, 0.05) is 31.0 Å². The van der Waals surface area contributed by atoms with Crippen LogP contribution in [0.25, 0.3) is 0 Å². The van der Waals surface area contributed by atoms with E-state index in [2.05, 4.69) is 22.5 Å². The van der Waals surface area contributed by atoms with E-state index in [0.717, 1.165) is 24.5 Å². The Bertz CT molecular complexity index is 447. The largest absolute Gasteiger partial charge is 0.384 e. The zero-order chi connectivity index (χ0) is 12.7. The molecule has 0 amide bonds. The maximum absolute atomic E-state index is 10.7. The Morgan fingerprint density at radius 2 is 2.12 bits per heavy atom. The van der Waals surface area contributed by atoms with Crippen LogP contribution in [-0.2, 0) is 10.0 Å². The first-order chi connectivity index (χ1) is 8.01. The van der Waals surface area contributed by atoms with Gasteiger partial charge in [0.2, 0.25) is 10.0 Å². The second kappa shape index (κ2) is 6.41. The summed E-state index contributed by atoms with van der Waals surface area (Å²) in [5.41, 5.74) is 0.822. The average molecular weight is 258 g/mol. The van der Waals surface area contributed by atoms with E-state index in [1.807, 2.05) is 6.07 Å². The lowest BCUT2D eigenvalue weighted by atomic mass is 10.3. The van der Waals surface area contributed by atoms with Gasteiger partial charge in [-0.25, -0.2) is 18.5 Å². The Hall–Kier alpha value is -1.34. The highest BCUT2D eigenvalue weighted by atomic mass is 32.2. The quantitative estimate of drug-likeness (QED) is 0.665. The van der Waals surface area contributed by atoms with Crippen molar-refractivity contribution in [3.63, 3.8) is 0 Å². The molecule has 0 fully saturated rings. The van der Waals surface area contributed by atoms with Crippen LogP contribution in [0.15, 0.2) is 18.3 Å². The summed E-state index contributed by atoms with van der Waals surface area (Å²) in [6, 6.07) is 3.61. The molecule has 17 heavy (non-hydrogen) atoms. The average Bonchev–Trinajstić information content (AvgIpc) is 2.25. The molecule has 1 aromatic rings. The van der Waals surface area contributed by atoms with E-state index >= 15 is 0 Å². The van der Waals surface area contributed by atoms with Gasteiger partial charge in [-0.05, 0) is 12.5 Å². The van der Waals surface area contributed by atoms with Crippen LogP contribution in [0.1, 0.15) is 13.3 Å². The number of hydrogen-bond donors (Lipinski definition) is 3. The Balaban J connectivity index is 2.48. The minimum Gasteiger partial charge on any atom is -0.384 e. The van der Waals surface area contributed by atoms with Crippen molar-refractivity contribution < 1.29 is 8.42 Å². The lowest BCUT2D eigenvalue weighted by Crippen LogP contribution is -2.22. The molecule has 1 heterocycles. The van der Waals surface area contributed by atoms with Crippen LogP contribution in [0.5, 0.6) is 0 Å². The minimum atomic E-state index is -3.41. The Labute approximate surface area is 102 Å². The maximum atomic E-state index is 10.7. The van der Waals surface area contributed by atoms with Gasteiger partial charge in [0.1, 0.15) is 5.82 Å². The van der Waals surface area contributed by atoms with Gasteiger partial charge in [-0.1, -0.05) is 6.92 Å². The van der Waals surface area contributed by atoms with Gasteiger partial charge in [-0.15, -0.1) is 0 Å². The van der Waals surface area contributed by atoms with E-state index < -0.39 is 10.0 Å². The molecule has 96 valence electrons. The SMILES string of the molecule is CCCNc1cc(NCCS(N)(=O)=O)ccn1. The molecule has 0 saturated heterocycles. The Kier molecular flexibility index (Phi) is 5.17. The number of rotatable bonds is 7. The highest BCUT2D eigenvalue weighted by molar-refractivity contribution is 7.89. The third-order valence-corrected chi connectivity index (χ3v) is 2.80. The van der Waals surface area contributed by atoms with Crippen molar-refractivity contribution in [3.05, 3.63) is 18.3 Å².